The summed E-state index contributed by atoms with van der Waals surface area (Å²) in [6.07, 6.45) is 3.97. The Balaban J connectivity index is 1.56. The number of aliphatic hydroxyl groups excluding tert-OH is 1. The molecule has 5 heteroatoms. The predicted octanol–water partition coefficient (Wildman–Crippen LogP) is 1.98. The molecule has 2 heterocycles. The second kappa shape index (κ2) is 6.46. The maximum atomic E-state index is 12.5. The molecule has 2 atom stereocenters. The van der Waals surface area contributed by atoms with E-state index < -0.39 is 0 Å². The summed E-state index contributed by atoms with van der Waals surface area (Å²) in [7, 11) is 0. The fraction of sp³-hybridized carbons (Fsp3) is 0.688. The zero-order valence-electron chi connectivity index (χ0n) is 12.6. The van der Waals surface area contributed by atoms with E-state index in [9.17, 15) is 9.90 Å². The third kappa shape index (κ3) is 3.15. The summed E-state index contributed by atoms with van der Waals surface area (Å²) < 4.78 is 0. The number of hydrogen-bond acceptors (Lipinski definition) is 4. The molecule has 1 saturated carbocycles. The van der Waals surface area contributed by atoms with Crippen LogP contribution in [0.25, 0.3) is 0 Å². The van der Waals surface area contributed by atoms with Gasteiger partial charge in [-0.2, -0.15) is 0 Å². The SMILES string of the molecule is CCc1ccc(C(=O)N2CCN([C@H]3CCC[C@@H]3O)CC2)s1. The van der Waals surface area contributed by atoms with Gasteiger partial charge in [-0.15, -0.1) is 11.3 Å². The van der Waals surface area contributed by atoms with Crippen molar-refractivity contribution in [2.75, 3.05) is 26.2 Å². The summed E-state index contributed by atoms with van der Waals surface area (Å²) in [5.74, 6) is 0.173. The molecule has 1 saturated heterocycles. The summed E-state index contributed by atoms with van der Waals surface area (Å²) >= 11 is 1.62. The fourth-order valence-corrected chi connectivity index (χ4v) is 4.36. The molecule has 116 valence electrons. The van der Waals surface area contributed by atoms with E-state index in [1.165, 1.54) is 4.88 Å². The van der Waals surface area contributed by atoms with Crippen molar-refractivity contribution < 1.29 is 9.90 Å². The Kier molecular flexibility index (Phi) is 4.62. The Morgan fingerprint density at radius 1 is 1.29 bits per heavy atom. The molecule has 0 radical (unpaired) electrons. The number of amides is 1. The number of carbonyl (C=O) groups excluding carboxylic acids is 1. The molecular weight excluding hydrogens is 284 g/mol. The highest BCUT2D eigenvalue weighted by atomic mass is 32.1. The van der Waals surface area contributed by atoms with Crippen LogP contribution in [-0.2, 0) is 6.42 Å². The van der Waals surface area contributed by atoms with Gasteiger partial charge in [0.2, 0.25) is 0 Å². The summed E-state index contributed by atoms with van der Waals surface area (Å²) in [6.45, 7) is 5.45. The third-order valence-corrected chi connectivity index (χ3v) is 5.95. The van der Waals surface area contributed by atoms with Crippen LogP contribution in [0.1, 0.15) is 40.7 Å². The first-order chi connectivity index (χ1) is 10.2. The number of hydrogen-bond donors (Lipinski definition) is 1. The van der Waals surface area contributed by atoms with Crippen molar-refractivity contribution in [2.24, 2.45) is 0 Å². The van der Waals surface area contributed by atoms with Gasteiger partial charge < -0.3 is 10.0 Å². The lowest BCUT2D eigenvalue weighted by atomic mass is 10.1. The molecule has 0 aromatic carbocycles. The Morgan fingerprint density at radius 2 is 2.05 bits per heavy atom. The molecule has 2 aliphatic rings. The standard InChI is InChI=1S/C16H24N2O2S/c1-2-12-6-7-15(21-12)16(20)18-10-8-17(9-11-18)13-4-3-5-14(13)19/h6-7,13-14,19H,2-5,8-11H2,1H3/t13-,14-/m0/s1. The van der Waals surface area contributed by atoms with Gasteiger partial charge in [0.25, 0.3) is 5.91 Å². The zero-order chi connectivity index (χ0) is 14.8. The lowest BCUT2D eigenvalue weighted by Crippen LogP contribution is -2.53. The molecule has 1 amide bonds. The van der Waals surface area contributed by atoms with Crippen molar-refractivity contribution >= 4 is 17.2 Å². The lowest BCUT2D eigenvalue weighted by molar-refractivity contribution is 0.0318. The average Bonchev–Trinajstić information content (AvgIpc) is 3.15. The molecule has 0 unspecified atom stereocenters. The highest BCUT2D eigenvalue weighted by Gasteiger charge is 2.33. The van der Waals surface area contributed by atoms with Crippen molar-refractivity contribution in [2.45, 2.75) is 44.8 Å². The molecule has 0 bridgehead atoms. The molecule has 1 aromatic heterocycles. The summed E-state index contributed by atoms with van der Waals surface area (Å²) in [5.41, 5.74) is 0. The van der Waals surface area contributed by atoms with E-state index in [1.54, 1.807) is 11.3 Å². The van der Waals surface area contributed by atoms with E-state index in [-0.39, 0.29) is 12.0 Å². The van der Waals surface area contributed by atoms with Crippen LogP contribution in [0, 0.1) is 0 Å². The minimum atomic E-state index is -0.170. The number of thiophene rings is 1. The van der Waals surface area contributed by atoms with Gasteiger partial charge in [-0.1, -0.05) is 6.92 Å². The first kappa shape index (κ1) is 15.0. The molecule has 1 N–H and O–H groups in total. The van der Waals surface area contributed by atoms with Gasteiger partial charge in [0.05, 0.1) is 11.0 Å². The Bertz CT molecular complexity index is 494. The molecule has 1 aromatic rings. The van der Waals surface area contributed by atoms with Gasteiger partial charge in [-0.05, 0) is 37.8 Å². The number of aliphatic hydroxyl groups is 1. The van der Waals surface area contributed by atoms with E-state index in [4.69, 9.17) is 0 Å². The van der Waals surface area contributed by atoms with Gasteiger partial charge in [-0.3, -0.25) is 9.69 Å². The van der Waals surface area contributed by atoms with Gasteiger partial charge in [0.15, 0.2) is 0 Å². The van der Waals surface area contributed by atoms with Crippen LogP contribution in [0.2, 0.25) is 0 Å². The molecule has 1 aliphatic carbocycles. The van der Waals surface area contributed by atoms with Crippen LogP contribution < -0.4 is 0 Å². The third-order valence-electron chi connectivity index (χ3n) is 4.74. The van der Waals surface area contributed by atoms with E-state index in [0.717, 1.165) is 56.7 Å². The van der Waals surface area contributed by atoms with Gasteiger partial charge in [-0.25, -0.2) is 0 Å². The maximum Gasteiger partial charge on any atom is 0.264 e. The van der Waals surface area contributed by atoms with Crippen LogP contribution in [0.4, 0.5) is 0 Å². The van der Waals surface area contributed by atoms with Crippen molar-refractivity contribution in [1.82, 2.24) is 9.80 Å². The number of carbonyl (C=O) groups is 1. The van der Waals surface area contributed by atoms with Crippen LogP contribution in [0.5, 0.6) is 0 Å². The first-order valence-electron chi connectivity index (χ1n) is 7.99. The Morgan fingerprint density at radius 3 is 2.62 bits per heavy atom. The van der Waals surface area contributed by atoms with Gasteiger partial charge in [0, 0.05) is 37.1 Å². The molecular formula is C16H24N2O2S. The quantitative estimate of drug-likeness (QED) is 0.928. The summed E-state index contributed by atoms with van der Waals surface area (Å²) in [6, 6.07) is 4.33. The number of nitrogens with zero attached hydrogens (tertiary/aromatic N) is 2. The molecule has 21 heavy (non-hydrogen) atoms. The van der Waals surface area contributed by atoms with E-state index >= 15 is 0 Å². The van der Waals surface area contributed by atoms with Crippen molar-refractivity contribution in [3.63, 3.8) is 0 Å². The second-order valence-corrected chi connectivity index (χ2v) is 7.18. The molecule has 0 spiro atoms. The minimum absolute atomic E-state index is 0.170. The predicted molar refractivity (Wildman–Crippen MR) is 84.8 cm³/mol. The molecule has 1 aliphatic heterocycles. The average molecular weight is 308 g/mol. The highest BCUT2D eigenvalue weighted by molar-refractivity contribution is 7.14. The van der Waals surface area contributed by atoms with Crippen molar-refractivity contribution in [3.05, 3.63) is 21.9 Å². The van der Waals surface area contributed by atoms with E-state index in [0.29, 0.717) is 6.04 Å². The maximum absolute atomic E-state index is 12.5. The lowest BCUT2D eigenvalue weighted by Gasteiger charge is -2.39. The first-order valence-corrected chi connectivity index (χ1v) is 8.80. The van der Waals surface area contributed by atoms with Gasteiger partial charge in [0.1, 0.15) is 0 Å². The fourth-order valence-electron chi connectivity index (χ4n) is 3.44. The summed E-state index contributed by atoms with van der Waals surface area (Å²) in [5, 5.41) is 10.0. The number of aryl methyl sites for hydroxylation is 1. The Hall–Kier alpha value is -0.910. The number of rotatable bonds is 3. The highest BCUT2D eigenvalue weighted by Crippen LogP contribution is 2.26. The zero-order valence-corrected chi connectivity index (χ0v) is 13.4. The molecule has 3 rings (SSSR count). The van der Waals surface area contributed by atoms with Gasteiger partial charge >= 0.3 is 0 Å². The van der Waals surface area contributed by atoms with Crippen LogP contribution >= 0.6 is 11.3 Å². The minimum Gasteiger partial charge on any atom is -0.391 e. The van der Waals surface area contributed by atoms with Crippen LogP contribution in [-0.4, -0.2) is 59.1 Å². The molecule has 2 fully saturated rings. The normalized spacial score (nSPS) is 27.2. The number of piperazine rings is 1. The van der Waals surface area contributed by atoms with E-state index in [2.05, 4.69) is 17.9 Å². The van der Waals surface area contributed by atoms with Crippen molar-refractivity contribution in [1.29, 1.82) is 0 Å². The largest absolute Gasteiger partial charge is 0.391 e. The monoisotopic (exact) mass is 308 g/mol. The van der Waals surface area contributed by atoms with Crippen molar-refractivity contribution in [3.8, 4) is 0 Å². The van der Waals surface area contributed by atoms with Crippen LogP contribution in [0.15, 0.2) is 12.1 Å². The van der Waals surface area contributed by atoms with E-state index in [1.807, 2.05) is 11.0 Å². The summed E-state index contributed by atoms with van der Waals surface area (Å²) in [4.78, 5) is 19.0. The molecule has 4 nitrogen and oxygen atoms in total. The smallest absolute Gasteiger partial charge is 0.264 e. The topological polar surface area (TPSA) is 43.8 Å². The second-order valence-electron chi connectivity index (χ2n) is 6.01. The van der Waals surface area contributed by atoms with Crippen LogP contribution in [0.3, 0.4) is 0 Å². The Labute approximate surface area is 130 Å².